The Labute approximate surface area is 218 Å². The highest BCUT2D eigenvalue weighted by Crippen LogP contribution is 2.14. The van der Waals surface area contributed by atoms with E-state index in [9.17, 15) is 0 Å². The molecule has 0 amide bonds. The van der Waals surface area contributed by atoms with Crippen LogP contribution in [0.1, 0.15) is 74.6 Å². The van der Waals surface area contributed by atoms with Crippen molar-refractivity contribution in [1.29, 1.82) is 0 Å². The molecular formula is C30H46N6. The molecule has 0 unspecified atom stereocenters. The molecule has 2 aromatic carbocycles. The molecule has 6 heteroatoms. The molecule has 0 spiro atoms. The highest BCUT2D eigenvalue weighted by molar-refractivity contribution is 5.97. The number of hydrogen-bond acceptors (Lipinski definition) is 4. The minimum absolute atomic E-state index is 0.654. The van der Waals surface area contributed by atoms with E-state index in [2.05, 4.69) is 82.2 Å². The Kier molecular flexibility index (Phi) is 11.9. The molecule has 1 fully saturated rings. The summed E-state index contributed by atoms with van der Waals surface area (Å²) in [6.07, 6.45) is 7.04. The number of amidine groups is 2. The average molecular weight is 491 g/mol. The first-order valence-corrected chi connectivity index (χ1v) is 13.8. The van der Waals surface area contributed by atoms with Crippen LogP contribution in [-0.2, 0) is 13.1 Å². The van der Waals surface area contributed by atoms with Gasteiger partial charge in [-0.1, -0.05) is 88.1 Å². The Morgan fingerprint density at radius 2 is 0.972 bits per heavy atom. The lowest BCUT2D eigenvalue weighted by molar-refractivity contribution is 0.122. The van der Waals surface area contributed by atoms with Crippen molar-refractivity contribution in [2.24, 2.45) is 21.5 Å². The standard InChI is InChI=1S/C30H46N6/c1-3-5-7-17-33-29(31)27-13-9-25(10-14-27)23-35-19-21-36(22-20-35)24-26-11-15-28(16-12-26)30(32)34-18-8-6-4-2/h9-16H,3-8,17-24H2,1-2H3,(H2,31,33)(H2,32,34). The summed E-state index contributed by atoms with van der Waals surface area (Å²) in [6.45, 7) is 12.3. The van der Waals surface area contributed by atoms with Gasteiger partial charge in [-0.3, -0.25) is 19.8 Å². The molecule has 4 N–H and O–H groups in total. The fourth-order valence-corrected chi connectivity index (χ4v) is 4.49. The molecule has 1 aliphatic heterocycles. The number of unbranched alkanes of at least 4 members (excludes halogenated alkanes) is 4. The maximum Gasteiger partial charge on any atom is 0.125 e. The lowest BCUT2D eigenvalue weighted by Gasteiger charge is -2.34. The molecule has 1 heterocycles. The third-order valence-electron chi connectivity index (χ3n) is 6.86. The van der Waals surface area contributed by atoms with Crippen LogP contribution in [-0.4, -0.2) is 60.7 Å². The van der Waals surface area contributed by atoms with Crippen LogP contribution in [0.4, 0.5) is 0 Å². The van der Waals surface area contributed by atoms with Gasteiger partial charge in [0.25, 0.3) is 0 Å². The average Bonchev–Trinajstić information content (AvgIpc) is 2.91. The number of nitrogens with zero attached hydrogens (tertiary/aromatic N) is 4. The highest BCUT2D eigenvalue weighted by atomic mass is 15.3. The Hall–Kier alpha value is -2.70. The normalized spacial score (nSPS) is 15.9. The quantitative estimate of drug-likeness (QED) is 0.226. The van der Waals surface area contributed by atoms with Crippen LogP contribution < -0.4 is 11.5 Å². The van der Waals surface area contributed by atoms with E-state index < -0.39 is 0 Å². The first kappa shape index (κ1) is 27.9. The van der Waals surface area contributed by atoms with E-state index >= 15 is 0 Å². The lowest BCUT2D eigenvalue weighted by atomic mass is 10.1. The molecule has 0 aromatic heterocycles. The fourth-order valence-electron chi connectivity index (χ4n) is 4.49. The van der Waals surface area contributed by atoms with E-state index in [1.54, 1.807) is 0 Å². The van der Waals surface area contributed by atoms with E-state index in [4.69, 9.17) is 11.5 Å². The summed E-state index contributed by atoms with van der Waals surface area (Å²) >= 11 is 0. The first-order valence-electron chi connectivity index (χ1n) is 13.8. The molecule has 2 aromatic rings. The largest absolute Gasteiger partial charge is 0.384 e. The minimum atomic E-state index is 0.654. The highest BCUT2D eigenvalue weighted by Gasteiger charge is 2.17. The van der Waals surface area contributed by atoms with Crippen molar-refractivity contribution < 1.29 is 0 Å². The SMILES string of the molecule is CCCCCN=C(N)c1ccc(CN2CCN(Cc3ccc(C(N)=NCCCCC)cc3)CC2)cc1. The first-order chi connectivity index (χ1) is 17.6. The van der Waals surface area contributed by atoms with Crippen LogP contribution in [0.5, 0.6) is 0 Å². The predicted octanol–water partition coefficient (Wildman–Crippen LogP) is 4.80. The number of rotatable bonds is 14. The molecule has 3 rings (SSSR count). The topological polar surface area (TPSA) is 83.2 Å². The van der Waals surface area contributed by atoms with Gasteiger partial charge in [-0.15, -0.1) is 0 Å². The zero-order chi connectivity index (χ0) is 25.6. The number of nitrogens with two attached hydrogens (primary N) is 2. The molecular weight excluding hydrogens is 444 g/mol. The number of aliphatic imine (C=N–C) groups is 2. The van der Waals surface area contributed by atoms with Crippen LogP contribution in [0, 0.1) is 0 Å². The Morgan fingerprint density at radius 3 is 1.31 bits per heavy atom. The van der Waals surface area contributed by atoms with Gasteiger partial charge >= 0.3 is 0 Å². The molecule has 6 nitrogen and oxygen atoms in total. The van der Waals surface area contributed by atoms with Crippen molar-refractivity contribution >= 4 is 11.7 Å². The molecule has 36 heavy (non-hydrogen) atoms. The summed E-state index contributed by atoms with van der Waals surface area (Å²) in [4.78, 5) is 14.1. The molecule has 0 atom stereocenters. The van der Waals surface area contributed by atoms with Gasteiger partial charge < -0.3 is 11.5 Å². The van der Waals surface area contributed by atoms with E-state index in [0.29, 0.717) is 11.7 Å². The Balaban J connectivity index is 1.41. The molecule has 0 radical (unpaired) electrons. The summed E-state index contributed by atoms with van der Waals surface area (Å²) in [5.41, 5.74) is 17.0. The molecule has 1 aliphatic rings. The van der Waals surface area contributed by atoms with Crippen LogP contribution in [0.25, 0.3) is 0 Å². The Morgan fingerprint density at radius 1 is 0.611 bits per heavy atom. The number of piperazine rings is 1. The molecule has 1 saturated heterocycles. The van der Waals surface area contributed by atoms with Crippen molar-refractivity contribution in [3.63, 3.8) is 0 Å². The zero-order valence-electron chi connectivity index (χ0n) is 22.5. The Bertz CT molecular complexity index is 861. The third-order valence-corrected chi connectivity index (χ3v) is 6.86. The van der Waals surface area contributed by atoms with E-state index in [0.717, 1.165) is 76.3 Å². The second kappa shape index (κ2) is 15.4. The third kappa shape index (κ3) is 9.40. The van der Waals surface area contributed by atoms with E-state index in [1.165, 1.54) is 36.8 Å². The van der Waals surface area contributed by atoms with Crippen molar-refractivity contribution in [3.05, 3.63) is 70.8 Å². The summed E-state index contributed by atoms with van der Waals surface area (Å²) < 4.78 is 0. The van der Waals surface area contributed by atoms with Gasteiger partial charge in [0, 0.05) is 63.5 Å². The van der Waals surface area contributed by atoms with Crippen LogP contribution in [0.3, 0.4) is 0 Å². The monoisotopic (exact) mass is 490 g/mol. The van der Waals surface area contributed by atoms with Gasteiger partial charge in [0.05, 0.1) is 0 Å². The predicted molar refractivity (Wildman–Crippen MR) is 154 cm³/mol. The number of hydrogen-bond donors (Lipinski definition) is 2. The summed E-state index contributed by atoms with van der Waals surface area (Å²) in [6, 6.07) is 17.2. The number of benzene rings is 2. The van der Waals surface area contributed by atoms with Crippen LogP contribution >= 0.6 is 0 Å². The van der Waals surface area contributed by atoms with Crippen molar-refractivity contribution in [2.45, 2.75) is 65.5 Å². The second-order valence-corrected chi connectivity index (χ2v) is 9.89. The molecule has 0 saturated carbocycles. The maximum atomic E-state index is 6.16. The summed E-state index contributed by atoms with van der Waals surface area (Å²) in [5, 5.41) is 0. The van der Waals surface area contributed by atoms with E-state index in [1.807, 2.05) is 0 Å². The fraction of sp³-hybridized carbons (Fsp3) is 0.533. The smallest absolute Gasteiger partial charge is 0.125 e. The minimum Gasteiger partial charge on any atom is -0.384 e. The van der Waals surface area contributed by atoms with Crippen molar-refractivity contribution in [2.75, 3.05) is 39.3 Å². The van der Waals surface area contributed by atoms with Gasteiger partial charge in [-0.05, 0) is 24.0 Å². The van der Waals surface area contributed by atoms with Gasteiger partial charge in [0.2, 0.25) is 0 Å². The molecule has 0 bridgehead atoms. The van der Waals surface area contributed by atoms with E-state index in [-0.39, 0.29) is 0 Å². The summed E-state index contributed by atoms with van der Waals surface area (Å²) in [5.74, 6) is 1.31. The second-order valence-electron chi connectivity index (χ2n) is 9.89. The summed E-state index contributed by atoms with van der Waals surface area (Å²) in [7, 11) is 0. The lowest BCUT2D eigenvalue weighted by Crippen LogP contribution is -2.45. The molecule has 0 aliphatic carbocycles. The van der Waals surface area contributed by atoms with Gasteiger partial charge in [-0.25, -0.2) is 0 Å². The zero-order valence-corrected chi connectivity index (χ0v) is 22.5. The maximum absolute atomic E-state index is 6.16. The van der Waals surface area contributed by atoms with Crippen molar-refractivity contribution in [3.8, 4) is 0 Å². The van der Waals surface area contributed by atoms with Gasteiger partial charge in [0.1, 0.15) is 11.7 Å². The van der Waals surface area contributed by atoms with Crippen molar-refractivity contribution in [1.82, 2.24) is 9.80 Å². The van der Waals surface area contributed by atoms with Crippen LogP contribution in [0.2, 0.25) is 0 Å². The molecule has 196 valence electrons. The van der Waals surface area contributed by atoms with Gasteiger partial charge in [0.15, 0.2) is 0 Å². The van der Waals surface area contributed by atoms with Crippen LogP contribution in [0.15, 0.2) is 58.5 Å². The van der Waals surface area contributed by atoms with Gasteiger partial charge in [-0.2, -0.15) is 0 Å².